The van der Waals surface area contributed by atoms with Crippen molar-refractivity contribution in [3.63, 3.8) is 0 Å². The first kappa shape index (κ1) is 21.7. The molecule has 1 unspecified atom stereocenters. The molecule has 0 aliphatic heterocycles. The fourth-order valence-corrected chi connectivity index (χ4v) is 4.89. The van der Waals surface area contributed by atoms with Crippen LogP contribution >= 0.6 is 0 Å². The first-order chi connectivity index (χ1) is 10.5. The highest BCUT2D eigenvalue weighted by atomic mass is 28.4. The molecular formula is C15H32O6Si. The molecule has 0 fully saturated rings. The number of ketones is 1. The Labute approximate surface area is 135 Å². The van der Waals surface area contributed by atoms with E-state index in [1.54, 1.807) is 0 Å². The lowest BCUT2D eigenvalue weighted by Gasteiger charge is -2.28. The van der Waals surface area contributed by atoms with Gasteiger partial charge in [0.25, 0.3) is 0 Å². The van der Waals surface area contributed by atoms with Crippen LogP contribution in [0, 0.1) is 0 Å². The SMILES string of the molecule is CCO[Si](CCCCC(=O)CCC(O)CO)(OCC)OCC. The van der Waals surface area contributed by atoms with Crippen LogP contribution in [0.25, 0.3) is 0 Å². The Kier molecular flexibility index (Phi) is 13.0. The number of rotatable bonds is 15. The van der Waals surface area contributed by atoms with Gasteiger partial charge in [0.15, 0.2) is 0 Å². The standard InChI is InChI=1S/C15H32O6Si/c1-4-19-22(20-5-2,21-6-3)12-8-7-9-14(17)10-11-15(18)13-16/h15-16,18H,4-13H2,1-3H3. The van der Waals surface area contributed by atoms with Crippen LogP contribution in [0.15, 0.2) is 0 Å². The zero-order chi connectivity index (χ0) is 16.8. The van der Waals surface area contributed by atoms with Crippen LogP contribution in [-0.2, 0) is 18.1 Å². The molecule has 22 heavy (non-hydrogen) atoms. The van der Waals surface area contributed by atoms with Crippen LogP contribution in [-0.4, -0.2) is 57.3 Å². The molecule has 0 radical (unpaired) electrons. The van der Waals surface area contributed by atoms with E-state index >= 15 is 0 Å². The lowest BCUT2D eigenvalue weighted by atomic mass is 10.1. The Morgan fingerprint density at radius 2 is 1.55 bits per heavy atom. The van der Waals surface area contributed by atoms with Crippen LogP contribution in [0.4, 0.5) is 0 Å². The molecule has 7 heteroatoms. The monoisotopic (exact) mass is 336 g/mol. The van der Waals surface area contributed by atoms with Gasteiger partial charge in [-0.3, -0.25) is 4.79 Å². The first-order valence-corrected chi connectivity index (χ1v) is 10.2. The van der Waals surface area contributed by atoms with E-state index in [4.69, 9.17) is 18.4 Å². The molecule has 0 rings (SSSR count). The largest absolute Gasteiger partial charge is 0.500 e. The number of unbranched alkanes of at least 4 members (excludes halogenated alkanes) is 1. The summed E-state index contributed by atoms with van der Waals surface area (Å²) in [6.45, 7) is 7.17. The van der Waals surface area contributed by atoms with E-state index in [1.807, 2.05) is 20.8 Å². The van der Waals surface area contributed by atoms with E-state index < -0.39 is 14.9 Å². The molecular weight excluding hydrogens is 304 g/mol. The molecule has 0 bridgehead atoms. The molecule has 6 nitrogen and oxygen atoms in total. The van der Waals surface area contributed by atoms with Gasteiger partial charge in [0.1, 0.15) is 5.78 Å². The highest BCUT2D eigenvalue weighted by molar-refractivity contribution is 6.60. The van der Waals surface area contributed by atoms with E-state index in [0.717, 1.165) is 18.9 Å². The lowest BCUT2D eigenvalue weighted by Crippen LogP contribution is -2.45. The Morgan fingerprint density at radius 1 is 1.00 bits per heavy atom. The molecule has 0 aliphatic rings. The van der Waals surface area contributed by atoms with Crippen molar-refractivity contribution in [2.24, 2.45) is 0 Å². The van der Waals surface area contributed by atoms with E-state index in [0.29, 0.717) is 39.1 Å². The van der Waals surface area contributed by atoms with Crippen molar-refractivity contribution in [3.05, 3.63) is 0 Å². The average molecular weight is 337 g/mol. The minimum absolute atomic E-state index is 0.115. The van der Waals surface area contributed by atoms with Crippen molar-refractivity contribution in [2.75, 3.05) is 26.4 Å². The molecule has 0 amide bonds. The van der Waals surface area contributed by atoms with Gasteiger partial charge in [-0.15, -0.1) is 0 Å². The van der Waals surface area contributed by atoms with Crippen LogP contribution in [0.5, 0.6) is 0 Å². The highest BCUT2D eigenvalue weighted by Gasteiger charge is 2.39. The summed E-state index contributed by atoms with van der Waals surface area (Å²) in [6, 6.07) is 0.717. The molecule has 0 aromatic carbocycles. The van der Waals surface area contributed by atoms with Crippen molar-refractivity contribution >= 4 is 14.6 Å². The summed E-state index contributed by atoms with van der Waals surface area (Å²) >= 11 is 0. The third-order valence-corrected chi connectivity index (χ3v) is 6.40. The predicted octanol–water partition coefficient (Wildman–Crippen LogP) is 1.91. The fourth-order valence-electron chi connectivity index (χ4n) is 2.21. The fraction of sp³-hybridized carbons (Fsp3) is 0.933. The summed E-state index contributed by atoms with van der Waals surface area (Å²) in [5.74, 6) is 0.115. The molecule has 0 saturated heterocycles. The van der Waals surface area contributed by atoms with E-state index in [2.05, 4.69) is 0 Å². The number of carbonyl (C=O) groups excluding carboxylic acids is 1. The third kappa shape index (κ3) is 9.65. The van der Waals surface area contributed by atoms with Crippen LogP contribution in [0.1, 0.15) is 52.9 Å². The van der Waals surface area contributed by atoms with Crippen molar-refractivity contribution in [2.45, 2.75) is 65.0 Å². The molecule has 1 atom stereocenters. The Hall–Kier alpha value is -0.313. The minimum Gasteiger partial charge on any atom is -0.394 e. The van der Waals surface area contributed by atoms with Crippen LogP contribution in [0.2, 0.25) is 6.04 Å². The van der Waals surface area contributed by atoms with Crippen LogP contribution in [0.3, 0.4) is 0 Å². The van der Waals surface area contributed by atoms with Gasteiger partial charge in [-0.1, -0.05) is 0 Å². The quantitative estimate of drug-likeness (QED) is 0.351. The molecule has 0 aromatic rings. The molecule has 0 spiro atoms. The summed E-state index contributed by atoms with van der Waals surface area (Å²) in [4.78, 5) is 11.7. The number of hydrogen-bond donors (Lipinski definition) is 2. The Morgan fingerprint density at radius 3 is 2.00 bits per heavy atom. The van der Waals surface area contributed by atoms with E-state index in [-0.39, 0.29) is 12.4 Å². The Balaban J connectivity index is 4.08. The number of Topliss-reactive ketones (excluding diaryl/α,β-unsaturated/α-hetero) is 1. The summed E-state index contributed by atoms with van der Waals surface area (Å²) in [6.07, 6.45) is 1.90. The normalized spacial score (nSPS) is 13.3. The maximum Gasteiger partial charge on any atom is 0.500 e. The molecule has 0 aliphatic carbocycles. The Bertz CT molecular complexity index is 270. The van der Waals surface area contributed by atoms with Gasteiger partial charge in [0.2, 0.25) is 0 Å². The third-order valence-electron chi connectivity index (χ3n) is 3.25. The second-order valence-corrected chi connectivity index (χ2v) is 7.83. The van der Waals surface area contributed by atoms with E-state index in [1.165, 1.54) is 0 Å². The lowest BCUT2D eigenvalue weighted by molar-refractivity contribution is -0.119. The molecule has 0 heterocycles. The summed E-state index contributed by atoms with van der Waals surface area (Å²) in [7, 11) is -2.59. The van der Waals surface area contributed by atoms with Gasteiger partial charge in [-0.2, -0.15) is 0 Å². The van der Waals surface area contributed by atoms with Gasteiger partial charge in [-0.25, -0.2) is 0 Å². The first-order valence-electron chi connectivity index (χ1n) is 8.26. The van der Waals surface area contributed by atoms with Crippen molar-refractivity contribution in [1.82, 2.24) is 0 Å². The second kappa shape index (κ2) is 13.2. The number of aliphatic hydroxyl groups is 2. The number of aliphatic hydroxyl groups excluding tert-OH is 2. The highest BCUT2D eigenvalue weighted by Crippen LogP contribution is 2.20. The van der Waals surface area contributed by atoms with Crippen molar-refractivity contribution in [1.29, 1.82) is 0 Å². The zero-order valence-corrected chi connectivity index (χ0v) is 15.2. The summed E-state index contributed by atoms with van der Waals surface area (Å²) < 4.78 is 17.3. The second-order valence-electron chi connectivity index (χ2n) is 5.10. The molecule has 132 valence electrons. The number of hydrogen-bond acceptors (Lipinski definition) is 6. The van der Waals surface area contributed by atoms with E-state index in [9.17, 15) is 9.90 Å². The maximum atomic E-state index is 11.7. The average Bonchev–Trinajstić information content (AvgIpc) is 2.50. The molecule has 2 N–H and O–H groups in total. The maximum absolute atomic E-state index is 11.7. The van der Waals surface area contributed by atoms with Gasteiger partial charge in [0.05, 0.1) is 12.7 Å². The summed E-state index contributed by atoms with van der Waals surface area (Å²) in [5, 5.41) is 17.9. The van der Waals surface area contributed by atoms with Crippen molar-refractivity contribution in [3.8, 4) is 0 Å². The van der Waals surface area contributed by atoms with Gasteiger partial charge < -0.3 is 23.5 Å². The van der Waals surface area contributed by atoms with Gasteiger partial charge in [0, 0.05) is 38.7 Å². The number of carbonyl (C=O) groups is 1. The zero-order valence-electron chi connectivity index (χ0n) is 14.2. The molecule has 0 aromatic heterocycles. The minimum atomic E-state index is -2.59. The summed E-state index contributed by atoms with van der Waals surface area (Å²) in [5.41, 5.74) is 0. The van der Waals surface area contributed by atoms with Crippen molar-refractivity contribution < 1.29 is 28.3 Å². The predicted molar refractivity (Wildman–Crippen MR) is 86.6 cm³/mol. The van der Waals surface area contributed by atoms with Gasteiger partial charge in [-0.05, 0) is 40.0 Å². The smallest absolute Gasteiger partial charge is 0.394 e. The van der Waals surface area contributed by atoms with Crippen LogP contribution < -0.4 is 0 Å². The molecule has 0 saturated carbocycles. The topological polar surface area (TPSA) is 85.2 Å². The van der Waals surface area contributed by atoms with Gasteiger partial charge >= 0.3 is 8.80 Å².